The minimum absolute atomic E-state index is 0.0638. The standard InChI is InChI=1S/C65H104N12O34/c1-24(54(66)95)68-57(98)33-12-9-15-76(33)60(101)34-13-10-16-77(34)59(100)25(2)69-58(99)41(74-55(96)31(19-78)73-40(88)18-67-56(97)32-11-8-14-75(32)30(7)85)26(3)105-62-44(72-29(6)84)51(48(92)39(108-62)23-104-61-43(71-28(5)83)49(93)46(90)37(21-80)106-61)109-63-50(94)53(47(91)38(22-81)107-63)111-65(64(102)103)17-35(86)42(70-27(4)82)52(110-65)45(89)36(87)20-79/h24-26,31-39,41-53,61-63,78-81,86-87,89-94H,8-23H2,1-7H3,(H2,66,95)(H,67,97)(H,68,98)(H,69,99)(H,70,82)(H,71,83)(H,72,84)(H,73,88)(H,74,96)(H,102,103)/t24?,25?,26?,31?,32?,33?,34?,35-,36-,37?,38?,39?,41?,42-,43?,44?,45-,46-,47+,48+,49-,50?,51-,52?,53+,61-,62+,63+,65+/m1/s1. The van der Waals surface area contributed by atoms with Crippen molar-refractivity contribution >= 4 is 76.9 Å². The number of carboxylic acids is 1. The molecular formula is C65H104N12O34. The van der Waals surface area contributed by atoms with E-state index in [4.69, 9.17) is 43.6 Å². The largest absolute Gasteiger partial charge is 0.477 e. The van der Waals surface area contributed by atoms with Gasteiger partial charge in [0.15, 0.2) is 18.9 Å². The van der Waals surface area contributed by atoms with Crippen molar-refractivity contribution in [3.8, 4) is 0 Å². The van der Waals surface area contributed by atoms with E-state index in [1.807, 2.05) is 0 Å². The summed E-state index contributed by atoms with van der Waals surface area (Å²) in [5.41, 5.74) is 5.36. The van der Waals surface area contributed by atoms with Crippen LogP contribution in [0.1, 0.15) is 93.4 Å². The predicted octanol–water partition coefficient (Wildman–Crippen LogP) is -14.1. The van der Waals surface area contributed by atoms with Crippen molar-refractivity contribution in [2.75, 3.05) is 59.2 Å². The molecule has 0 aromatic heterocycles. The van der Waals surface area contributed by atoms with Crippen LogP contribution >= 0.6 is 0 Å². The quantitative estimate of drug-likeness (QED) is 0.0290. The highest BCUT2D eigenvalue weighted by Gasteiger charge is 2.61. The number of primary amides is 1. The van der Waals surface area contributed by atoms with Crippen LogP contribution < -0.4 is 48.3 Å². The van der Waals surface area contributed by atoms with E-state index in [-0.39, 0.29) is 45.3 Å². The highest BCUT2D eigenvalue weighted by molar-refractivity contribution is 5.98. The van der Waals surface area contributed by atoms with E-state index in [1.165, 1.54) is 30.6 Å². The van der Waals surface area contributed by atoms with E-state index in [9.17, 15) is 124 Å². The number of amides is 12. The lowest BCUT2D eigenvalue weighted by atomic mass is 9.88. The maximum Gasteiger partial charge on any atom is 0.364 e. The molecule has 29 atom stereocenters. The number of hydrogen-bond donors (Lipinski definition) is 22. The van der Waals surface area contributed by atoms with Crippen LogP contribution in [0.2, 0.25) is 0 Å². The van der Waals surface area contributed by atoms with Crippen LogP contribution in [-0.2, 0) is 100 Å². The maximum absolute atomic E-state index is 15.1. The zero-order valence-electron chi connectivity index (χ0n) is 61.8. The number of likely N-dealkylation sites (tertiary alicyclic amines) is 3. The number of nitrogens with two attached hydrogens (primary N) is 1. The molecule has 0 saturated carbocycles. The first kappa shape index (κ1) is 90.5. The van der Waals surface area contributed by atoms with Crippen molar-refractivity contribution in [2.24, 2.45) is 5.73 Å². The molecule has 628 valence electrons. The summed E-state index contributed by atoms with van der Waals surface area (Å²) < 4.78 is 48.1. The second-order valence-electron chi connectivity index (χ2n) is 28.3. The Morgan fingerprint density at radius 1 is 0.577 bits per heavy atom. The van der Waals surface area contributed by atoms with E-state index in [1.54, 1.807) is 0 Å². The summed E-state index contributed by atoms with van der Waals surface area (Å²) in [4.78, 5) is 178. The lowest BCUT2D eigenvalue weighted by Crippen LogP contribution is -2.71. The fourth-order valence-corrected chi connectivity index (χ4v) is 14.3. The number of aliphatic hydroxyl groups excluding tert-OH is 12. The van der Waals surface area contributed by atoms with Gasteiger partial charge in [-0.25, -0.2) is 4.79 Å². The van der Waals surface area contributed by atoms with E-state index < -0.39 is 299 Å². The lowest BCUT2D eigenvalue weighted by Gasteiger charge is -2.51. The number of carbonyl (C=O) groups is 13. The highest BCUT2D eigenvalue weighted by atomic mass is 16.8. The number of aliphatic hydroxyl groups is 12. The summed E-state index contributed by atoms with van der Waals surface area (Å²) in [5, 5.41) is 163. The van der Waals surface area contributed by atoms with Crippen LogP contribution in [0.25, 0.3) is 0 Å². The predicted molar refractivity (Wildman–Crippen MR) is 362 cm³/mol. The van der Waals surface area contributed by atoms with Crippen LogP contribution in [0.5, 0.6) is 0 Å². The highest BCUT2D eigenvalue weighted by Crippen LogP contribution is 2.39. The number of nitrogens with one attached hydrogen (secondary N) is 8. The first-order chi connectivity index (χ1) is 52.2. The molecule has 46 nitrogen and oxygen atoms in total. The molecule has 0 aliphatic carbocycles. The summed E-state index contributed by atoms with van der Waals surface area (Å²) in [6.45, 7) is 1.47. The first-order valence-corrected chi connectivity index (χ1v) is 36.1. The van der Waals surface area contributed by atoms with Crippen LogP contribution in [0, 0.1) is 0 Å². The molecule has 111 heavy (non-hydrogen) atoms. The number of ether oxygens (including phenoxy) is 8. The summed E-state index contributed by atoms with van der Waals surface area (Å²) in [6.07, 6.45) is -38.5. The molecule has 15 unspecified atom stereocenters. The number of carboxylic acid groups (broad SMARTS) is 1. The summed E-state index contributed by atoms with van der Waals surface area (Å²) in [5.74, 6) is -16.3. The maximum atomic E-state index is 15.1. The molecule has 0 spiro atoms. The fraction of sp³-hybridized carbons (Fsp3) is 0.800. The Hall–Kier alpha value is -7.69. The molecular weight excluding hydrogens is 1490 g/mol. The third kappa shape index (κ3) is 21.8. The number of aliphatic carboxylic acids is 1. The minimum atomic E-state index is -3.34. The molecule has 7 heterocycles. The zero-order valence-corrected chi connectivity index (χ0v) is 61.8. The van der Waals surface area contributed by atoms with Gasteiger partial charge in [-0.05, 0) is 59.3 Å². The molecule has 7 saturated heterocycles. The Morgan fingerprint density at radius 3 is 1.70 bits per heavy atom. The van der Waals surface area contributed by atoms with Crippen molar-refractivity contribution in [3.05, 3.63) is 0 Å². The van der Waals surface area contributed by atoms with Gasteiger partial charge in [0.05, 0.1) is 57.8 Å². The molecule has 7 fully saturated rings. The second-order valence-corrected chi connectivity index (χ2v) is 28.3. The Kier molecular flexibility index (Phi) is 32.5. The average molecular weight is 1600 g/mol. The third-order valence-corrected chi connectivity index (χ3v) is 20.1. The van der Waals surface area contributed by atoms with Gasteiger partial charge >= 0.3 is 5.97 Å². The van der Waals surface area contributed by atoms with Gasteiger partial charge in [0.1, 0.15) is 134 Å². The van der Waals surface area contributed by atoms with Gasteiger partial charge in [-0.1, -0.05) is 0 Å². The molecule has 23 N–H and O–H groups in total. The van der Waals surface area contributed by atoms with Crippen LogP contribution in [0.4, 0.5) is 0 Å². The monoisotopic (exact) mass is 1600 g/mol. The van der Waals surface area contributed by atoms with E-state index in [2.05, 4.69) is 42.5 Å². The molecule has 7 aliphatic rings. The third-order valence-electron chi connectivity index (χ3n) is 20.1. The minimum Gasteiger partial charge on any atom is -0.477 e. The molecule has 7 rings (SSSR count). The second kappa shape index (κ2) is 39.9. The lowest BCUT2D eigenvalue weighted by molar-refractivity contribution is -0.382. The summed E-state index contributed by atoms with van der Waals surface area (Å²) in [6, 6.07) is -15.7. The van der Waals surface area contributed by atoms with Crippen LogP contribution in [-0.4, -0.2) is 394 Å². The fourth-order valence-electron chi connectivity index (χ4n) is 14.3. The summed E-state index contributed by atoms with van der Waals surface area (Å²) in [7, 11) is 0. The topological polar surface area (TPSA) is 691 Å². The number of nitrogens with zero attached hydrogens (tertiary/aromatic N) is 3. The molecule has 0 aromatic carbocycles. The molecule has 0 aromatic rings. The van der Waals surface area contributed by atoms with E-state index in [0.717, 1.165) is 32.6 Å². The number of hydrogen-bond acceptors (Lipinski definition) is 33. The molecule has 0 radical (unpaired) electrons. The van der Waals surface area contributed by atoms with Gasteiger partial charge in [0, 0.05) is 53.8 Å². The number of rotatable bonds is 33. The average Bonchev–Trinajstić information content (AvgIpc) is 1.52. The Balaban J connectivity index is 1.26. The van der Waals surface area contributed by atoms with Gasteiger partial charge in [0.25, 0.3) is 5.79 Å². The van der Waals surface area contributed by atoms with Gasteiger partial charge in [-0.3, -0.25) is 57.5 Å². The van der Waals surface area contributed by atoms with Crippen LogP contribution in [0.3, 0.4) is 0 Å². The van der Waals surface area contributed by atoms with Crippen molar-refractivity contribution < 1.29 is 167 Å². The zero-order chi connectivity index (χ0) is 82.5. The first-order valence-electron chi connectivity index (χ1n) is 36.1. The molecule has 12 amide bonds. The normalized spacial score (nSPS) is 34.1. The smallest absolute Gasteiger partial charge is 0.364 e. The van der Waals surface area contributed by atoms with Gasteiger partial charge in [-0.15, -0.1) is 0 Å². The summed E-state index contributed by atoms with van der Waals surface area (Å²) >= 11 is 0. The van der Waals surface area contributed by atoms with Gasteiger partial charge in [0.2, 0.25) is 70.9 Å². The van der Waals surface area contributed by atoms with Crippen molar-refractivity contribution in [1.29, 1.82) is 0 Å². The van der Waals surface area contributed by atoms with Gasteiger partial charge < -0.3 is 167 Å². The van der Waals surface area contributed by atoms with Crippen molar-refractivity contribution in [2.45, 2.75) is 270 Å². The Labute approximate surface area is 633 Å². The molecule has 0 bridgehead atoms. The SMILES string of the molecule is CC(=O)NC1[C@H](OCC2O[C@H](OC(C)C(NC(=O)C(CO)NC(=O)CNC(=O)C3CCCN3C(C)=O)C(=O)NC(C)C(=O)N3CCCC3C(=O)N3CCCC3C(=O)NC(C)C(N)=O)C(NC(C)=O)[C@@H](O[C@@H]3OC(CO)[C@H](O)[C@H](O[C@]4(C(=O)O)C[C@@H](O)[C@@H](NC(C)=O)C([C@H](O)[C@H](O)CO)O4)C3O)[C@H]2O)OC(CO)[C@@H](O)[C@@H]1O. The van der Waals surface area contributed by atoms with E-state index in [0.29, 0.717) is 12.8 Å². The van der Waals surface area contributed by atoms with E-state index >= 15 is 4.79 Å². The Morgan fingerprint density at radius 2 is 1.13 bits per heavy atom. The van der Waals surface area contributed by atoms with Crippen molar-refractivity contribution in [3.63, 3.8) is 0 Å². The Bertz CT molecular complexity index is 3320. The van der Waals surface area contributed by atoms with Gasteiger partial charge in [-0.2, -0.15) is 0 Å². The molecule has 7 aliphatic heterocycles. The van der Waals surface area contributed by atoms with Crippen LogP contribution in [0.15, 0.2) is 0 Å². The van der Waals surface area contributed by atoms with Crippen molar-refractivity contribution in [1.82, 2.24) is 57.2 Å². The number of carbonyl (C=O) groups excluding carboxylic acids is 12. The molecule has 46 heteroatoms.